The first-order chi connectivity index (χ1) is 11.8. The van der Waals surface area contributed by atoms with E-state index in [0.717, 1.165) is 16.5 Å². The van der Waals surface area contributed by atoms with E-state index >= 15 is 0 Å². The van der Waals surface area contributed by atoms with Crippen molar-refractivity contribution in [2.45, 2.75) is 0 Å². The Hall–Kier alpha value is -2.77. The number of hydrogen-bond acceptors (Lipinski definition) is 7. The molecular formula is C17H19N5O2. The molecule has 3 aromatic rings. The van der Waals surface area contributed by atoms with E-state index in [4.69, 9.17) is 15.6 Å². The van der Waals surface area contributed by atoms with Crippen LogP contribution in [0.3, 0.4) is 0 Å². The Labute approximate surface area is 139 Å². The minimum absolute atomic E-state index is 0.0120. The van der Waals surface area contributed by atoms with Gasteiger partial charge < -0.3 is 20.9 Å². The summed E-state index contributed by atoms with van der Waals surface area (Å²) in [5.74, 6) is 1.29. The van der Waals surface area contributed by atoms with Crippen molar-refractivity contribution in [1.82, 2.24) is 15.0 Å². The van der Waals surface area contributed by atoms with Gasteiger partial charge in [0, 0.05) is 35.6 Å². The minimum atomic E-state index is 0.0120. The molecule has 0 saturated heterocycles. The number of nitrogens with zero attached hydrogens (tertiary/aromatic N) is 3. The average Bonchev–Trinajstić information content (AvgIpc) is 2.62. The smallest absolute Gasteiger partial charge is 0.163 e. The third kappa shape index (κ3) is 3.76. The van der Waals surface area contributed by atoms with E-state index in [1.54, 1.807) is 12.4 Å². The van der Waals surface area contributed by atoms with Crippen LogP contribution >= 0.6 is 0 Å². The molecule has 7 heteroatoms. The van der Waals surface area contributed by atoms with Crippen LogP contribution in [0.4, 0.5) is 11.5 Å². The van der Waals surface area contributed by atoms with Gasteiger partial charge in [-0.1, -0.05) is 0 Å². The highest BCUT2D eigenvalue weighted by Crippen LogP contribution is 2.26. The highest BCUT2D eigenvalue weighted by Gasteiger charge is 2.10. The number of nitrogens with one attached hydrogen (secondary N) is 1. The van der Waals surface area contributed by atoms with Crippen LogP contribution in [-0.2, 0) is 4.74 Å². The summed E-state index contributed by atoms with van der Waals surface area (Å²) in [4.78, 5) is 13.3. The molecule has 0 amide bonds. The number of pyridine rings is 1. The Morgan fingerprint density at radius 1 is 1.17 bits per heavy atom. The van der Waals surface area contributed by atoms with E-state index in [0.29, 0.717) is 37.1 Å². The number of rotatable bonds is 7. The van der Waals surface area contributed by atoms with E-state index in [9.17, 15) is 0 Å². The van der Waals surface area contributed by atoms with Crippen molar-refractivity contribution in [3.05, 3.63) is 42.7 Å². The molecule has 0 fully saturated rings. The molecule has 7 nitrogen and oxygen atoms in total. The van der Waals surface area contributed by atoms with E-state index in [1.807, 2.05) is 30.3 Å². The fourth-order valence-corrected chi connectivity index (χ4v) is 2.31. The Kier molecular flexibility index (Phi) is 5.15. The molecule has 2 heterocycles. The van der Waals surface area contributed by atoms with Crippen molar-refractivity contribution in [1.29, 1.82) is 0 Å². The Morgan fingerprint density at radius 2 is 2.08 bits per heavy atom. The number of nitrogens with two attached hydrogens (primary N) is 1. The number of hydrogen-bond donors (Lipinski definition) is 3. The van der Waals surface area contributed by atoms with Gasteiger partial charge >= 0.3 is 0 Å². The number of aliphatic hydroxyl groups excluding tert-OH is 1. The van der Waals surface area contributed by atoms with Crippen molar-refractivity contribution in [3.63, 3.8) is 0 Å². The molecule has 0 unspecified atom stereocenters. The second kappa shape index (κ2) is 7.67. The average molecular weight is 325 g/mol. The van der Waals surface area contributed by atoms with Crippen molar-refractivity contribution in [3.8, 4) is 11.4 Å². The summed E-state index contributed by atoms with van der Waals surface area (Å²) in [6.45, 7) is 1.36. The maximum atomic E-state index is 8.73. The molecule has 0 atom stereocenters. The number of aromatic nitrogens is 3. The topological polar surface area (TPSA) is 106 Å². The second-order valence-electron chi connectivity index (χ2n) is 5.18. The zero-order chi connectivity index (χ0) is 16.8. The monoisotopic (exact) mass is 325 g/mol. The van der Waals surface area contributed by atoms with Crippen LogP contribution < -0.4 is 11.1 Å². The zero-order valence-electron chi connectivity index (χ0n) is 13.1. The molecule has 24 heavy (non-hydrogen) atoms. The molecule has 0 aliphatic heterocycles. The summed E-state index contributed by atoms with van der Waals surface area (Å²) < 4.78 is 5.26. The number of benzene rings is 1. The molecule has 0 saturated carbocycles. The Morgan fingerprint density at radius 3 is 2.88 bits per heavy atom. The van der Waals surface area contributed by atoms with Crippen LogP contribution in [0.2, 0.25) is 0 Å². The lowest BCUT2D eigenvalue weighted by Gasteiger charge is -2.11. The lowest BCUT2D eigenvalue weighted by Crippen LogP contribution is -2.13. The van der Waals surface area contributed by atoms with Crippen LogP contribution in [0.1, 0.15) is 0 Å². The third-order valence-corrected chi connectivity index (χ3v) is 3.41. The second-order valence-corrected chi connectivity index (χ2v) is 5.18. The highest BCUT2D eigenvalue weighted by atomic mass is 16.5. The number of ether oxygens (including phenoxy) is 1. The first-order valence-electron chi connectivity index (χ1n) is 7.68. The fourth-order valence-electron chi connectivity index (χ4n) is 2.31. The normalized spacial score (nSPS) is 10.9. The van der Waals surface area contributed by atoms with Crippen LogP contribution in [0, 0.1) is 0 Å². The minimum Gasteiger partial charge on any atom is -0.399 e. The molecule has 3 rings (SSSR count). The molecule has 2 aromatic heterocycles. The highest BCUT2D eigenvalue weighted by molar-refractivity contribution is 5.92. The molecule has 124 valence electrons. The number of fused-ring (bicyclic) bond motifs is 1. The third-order valence-electron chi connectivity index (χ3n) is 3.41. The van der Waals surface area contributed by atoms with E-state index in [2.05, 4.69) is 20.3 Å². The van der Waals surface area contributed by atoms with Gasteiger partial charge in [0.1, 0.15) is 5.82 Å². The van der Waals surface area contributed by atoms with Gasteiger partial charge in [0.25, 0.3) is 0 Å². The van der Waals surface area contributed by atoms with Crippen LogP contribution in [0.15, 0.2) is 42.7 Å². The molecular weight excluding hydrogens is 306 g/mol. The van der Waals surface area contributed by atoms with E-state index in [1.165, 1.54) is 0 Å². The first-order valence-corrected chi connectivity index (χ1v) is 7.68. The number of aliphatic hydroxyl groups is 1. The summed E-state index contributed by atoms with van der Waals surface area (Å²) in [5, 5.41) is 12.8. The first kappa shape index (κ1) is 16.1. The molecule has 0 radical (unpaired) electrons. The summed E-state index contributed by atoms with van der Waals surface area (Å²) in [5.41, 5.74) is 8.19. The Balaban J connectivity index is 1.93. The van der Waals surface area contributed by atoms with Gasteiger partial charge in [-0.15, -0.1) is 0 Å². The largest absolute Gasteiger partial charge is 0.399 e. The summed E-state index contributed by atoms with van der Waals surface area (Å²) >= 11 is 0. The summed E-state index contributed by atoms with van der Waals surface area (Å²) in [7, 11) is 0. The summed E-state index contributed by atoms with van der Waals surface area (Å²) in [6, 6.07) is 9.30. The summed E-state index contributed by atoms with van der Waals surface area (Å²) in [6.07, 6.45) is 3.44. The molecule has 0 spiro atoms. The lowest BCUT2D eigenvalue weighted by molar-refractivity contribution is 0.0992. The van der Waals surface area contributed by atoms with Gasteiger partial charge in [-0.2, -0.15) is 0 Å². The zero-order valence-corrected chi connectivity index (χ0v) is 13.1. The predicted molar refractivity (Wildman–Crippen MR) is 93.6 cm³/mol. The van der Waals surface area contributed by atoms with Gasteiger partial charge in [-0.25, -0.2) is 9.97 Å². The van der Waals surface area contributed by atoms with Gasteiger partial charge in [0.15, 0.2) is 5.82 Å². The van der Waals surface area contributed by atoms with Crippen molar-refractivity contribution >= 4 is 22.4 Å². The quantitative estimate of drug-likeness (QED) is 0.448. The Bertz CT molecular complexity index is 811. The van der Waals surface area contributed by atoms with Crippen LogP contribution in [0.25, 0.3) is 22.3 Å². The van der Waals surface area contributed by atoms with Crippen molar-refractivity contribution in [2.24, 2.45) is 0 Å². The van der Waals surface area contributed by atoms with Crippen molar-refractivity contribution < 1.29 is 9.84 Å². The van der Waals surface area contributed by atoms with Crippen LogP contribution in [0.5, 0.6) is 0 Å². The van der Waals surface area contributed by atoms with E-state index in [-0.39, 0.29) is 6.61 Å². The standard InChI is InChI=1S/C17H19N5O2/c18-13-3-4-15-14(10-13)17(20-6-8-24-9-7-23)22-16(21-15)12-2-1-5-19-11-12/h1-5,10-11,23H,6-9,18H2,(H,20,21,22). The SMILES string of the molecule is Nc1ccc2nc(-c3cccnc3)nc(NCCOCCO)c2c1. The van der Waals surface area contributed by atoms with Gasteiger partial charge in [0.05, 0.1) is 25.3 Å². The maximum Gasteiger partial charge on any atom is 0.163 e. The molecule has 0 bridgehead atoms. The molecule has 1 aromatic carbocycles. The predicted octanol–water partition coefficient (Wildman–Crippen LogP) is 1.69. The number of nitrogen functional groups attached to an aromatic ring is 1. The van der Waals surface area contributed by atoms with Gasteiger partial charge in [-0.05, 0) is 30.3 Å². The van der Waals surface area contributed by atoms with Crippen LogP contribution in [-0.4, -0.2) is 46.4 Å². The van der Waals surface area contributed by atoms with Crippen molar-refractivity contribution in [2.75, 3.05) is 37.4 Å². The van der Waals surface area contributed by atoms with Gasteiger partial charge in [-0.3, -0.25) is 4.98 Å². The van der Waals surface area contributed by atoms with Gasteiger partial charge in [0.2, 0.25) is 0 Å². The molecule has 4 N–H and O–H groups in total. The molecule has 0 aliphatic rings. The lowest BCUT2D eigenvalue weighted by atomic mass is 10.2. The molecule has 0 aliphatic carbocycles. The number of anilines is 2. The fraction of sp³-hybridized carbons (Fsp3) is 0.235. The maximum absolute atomic E-state index is 8.73. The van der Waals surface area contributed by atoms with E-state index < -0.39 is 0 Å².